The largest absolute Gasteiger partial charge is 0.369 e. The number of rotatable bonds is 3. The molecule has 0 aromatic carbocycles. The summed E-state index contributed by atoms with van der Waals surface area (Å²) < 4.78 is 25.0. The van der Waals surface area contributed by atoms with Crippen LogP contribution in [0.25, 0.3) is 0 Å². The number of hydrogen-bond acceptors (Lipinski definition) is 4. The van der Waals surface area contributed by atoms with Crippen molar-refractivity contribution in [2.24, 2.45) is 11.7 Å². The Morgan fingerprint density at radius 2 is 1.67 bits per heavy atom. The summed E-state index contributed by atoms with van der Waals surface area (Å²) in [6.45, 7) is 1.36. The normalized spacial score (nSPS) is 25.8. The van der Waals surface area contributed by atoms with Gasteiger partial charge in [0, 0.05) is 25.6 Å². The van der Waals surface area contributed by atoms with Crippen molar-refractivity contribution in [1.82, 2.24) is 9.21 Å². The summed E-state index contributed by atoms with van der Waals surface area (Å²) in [6, 6.07) is -0.584. The molecule has 2 fully saturated rings. The van der Waals surface area contributed by atoms with Gasteiger partial charge in [0.05, 0.1) is 6.26 Å². The van der Waals surface area contributed by atoms with E-state index in [9.17, 15) is 18.0 Å². The molecule has 2 rings (SSSR count). The van der Waals surface area contributed by atoms with Crippen LogP contribution in [-0.4, -0.2) is 61.4 Å². The minimum Gasteiger partial charge on any atom is -0.369 e. The van der Waals surface area contributed by atoms with E-state index in [-0.39, 0.29) is 17.7 Å². The average molecular weight is 317 g/mol. The molecule has 2 heterocycles. The lowest BCUT2D eigenvalue weighted by molar-refractivity contribution is -0.139. The number of amides is 2. The maximum Gasteiger partial charge on any atom is 0.241 e. The lowest BCUT2D eigenvalue weighted by Gasteiger charge is -2.38. The smallest absolute Gasteiger partial charge is 0.241 e. The number of nitrogens with two attached hydrogens (primary N) is 1. The van der Waals surface area contributed by atoms with Crippen molar-refractivity contribution in [3.63, 3.8) is 0 Å². The molecule has 1 atom stereocenters. The Morgan fingerprint density at radius 3 is 2.19 bits per heavy atom. The molecule has 0 radical (unpaired) electrons. The highest BCUT2D eigenvalue weighted by Crippen LogP contribution is 2.24. The third kappa shape index (κ3) is 3.74. The molecular formula is C13H23N3O4S. The Hall–Kier alpha value is -1.15. The maximum absolute atomic E-state index is 12.6. The van der Waals surface area contributed by atoms with E-state index in [0.717, 1.165) is 19.1 Å². The fourth-order valence-corrected chi connectivity index (χ4v) is 4.26. The van der Waals surface area contributed by atoms with Crippen LogP contribution in [0.1, 0.15) is 32.1 Å². The van der Waals surface area contributed by atoms with E-state index >= 15 is 0 Å². The van der Waals surface area contributed by atoms with Gasteiger partial charge < -0.3 is 10.6 Å². The summed E-state index contributed by atoms with van der Waals surface area (Å²) in [5.41, 5.74) is 5.28. The van der Waals surface area contributed by atoms with Gasteiger partial charge in [0.15, 0.2) is 0 Å². The second kappa shape index (κ2) is 6.31. The lowest BCUT2D eigenvalue weighted by Crippen LogP contribution is -2.54. The third-order valence-electron chi connectivity index (χ3n) is 4.37. The van der Waals surface area contributed by atoms with Crippen LogP contribution in [-0.2, 0) is 19.6 Å². The van der Waals surface area contributed by atoms with Crippen molar-refractivity contribution < 1.29 is 18.0 Å². The zero-order valence-electron chi connectivity index (χ0n) is 12.3. The van der Waals surface area contributed by atoms with Gasteiger partial charge >= 0.3 is 0 Å². The SMILES string of the molecule is CS(=O)(=O)N1CCCC[C@H]1C(=O)N1CCC(C(N)=O)CC1. The number of likely N-dealkylation sites (tertiary alicyclic amines) is 1. The molecule has 0 aromatic heterocycles. The number of sulfonamides is 1. The molecule has 0 aromatic rings. The first-order valence-corrected chi connectivity index (χ1v) is 9.20. The molecule has 2 saturated heterocycles. The number of piperidine rings is 2. The van der Waals surface area contributed by atoms with Gasteiger partial charge in [-0.25, -0.2) is 8.42 Å². The van der Waals surface area contributed by atoms with Crippen molar-refractivity contribution in [2.75, 3.05) is 25.9 Å². The van der Waals surface area contributed by atoms with E-state index in [1.54, 1.807) is 4.90 Å². The molecular weight excluding hydrogens is 294 g/mol. The molecule has 2 aliphatic heterocycles. The third-order valence-corrected chi connectivity index (χ3v) is 5.66. The summed E-state index contributed by atoms with van der Waals surface area (Å²) in [6.07, 6.45) is 4.50. The summed E-state index contributed by atoms with van der Waals surface area (Å²) in [5, 5.41) is 0. The number of carbonyl (C=O) groups excluding carboxylic acids is 2. The van der Waals surface area contributed by atoms with Gasteiger partial charge in [0.25, 0.3) is 0 Å². The molecule has 0 aliphatic carbocycles. The predicted molar refractivity (Wildman–Crippen MR) is 77.7 cm³/mol. The van der Waals surface area contributed by atoms with Gasteiger partial charge in [-0.1, -0.05) is 6.42 Å². The van der Waals surface area contributed by atoms with Crippen molar-refractivity contribution in [2.45, 2.75) is 38.1 Å². The van der Waals surface area contributed by atoms with E-state index in [1.807, 2.05) is 0 Å². The van der Waals surface area contributed by atoms with Crippen LogP contribution in [0.5, 0.6) is 0 Å². The first kappa shape index (κ1) is 16.2. The summed E-state index contributed by atoms with van der Waals surface area (Å²) in [5.74, 6) is -0.632. The second-order valence-corrected chi connectivity index (χ2v) is 7.82. The van der Waals surface area contributed by atoms with E-state index in [4.69, 9.17) is 5.73 Å². The Labute approximate surface area is 125 Å². The fourth-order valence-electron chi connectivity index (χ4n) is 3.14. The molecule has 7 nitrogen and oxygen atoms in total. The molecule has 0 bridgehead atoms. The average Bonchev–Trinajstić information content (AvgIpc) is 2.45. The molecule has 120 valence electrons. The van der Waals surface area contributed by atoms with Crippen LogP contribution in [0.4, 0.5) is 0 Å². The highest BCUT2D eigenvalue weighted by Gasteiger charge is 2.38. The molecule has 2 aliphatic rings. The monoisotopic (exact) mass is 317 g/mol. The highest BCUT2D eigenvalue weighted by molar-refractivity contribution is 7.88. The molecule has 0 spiro atoms. The molecule has 2 N–H and O–H groups in total. The van der Waals surface area contributed by atoms with Crippen molar-refractivity contribution in [3.8, 4) is 0 Å². The van der Waals surface area contributed by atoms with Gasteiger partial charge in [0.1, 0.15) is 6.04 Å². The molecule has 8 heteroatoms. The van der Waals surface area contributed by atoms with Crippen molar-refractivity contribution in [3.05, 3.63) is 0 Å². The Morgan fingerprint density at radius 1 is 1.05 bits per heavy atom. The Bertz CT molecular complexity index is 512. The molecule has 21 heavy (non-hydrogen) atoms. The van der Waals surface area contributed by atoms with E-state index in [1.165, 1.54) is 4.31 Å². The molecule has 0 saturated carbocycles. The number of hydrogen-bond donors (Lipinski definition) is 1. The topological polar surface area (TPSA) is 101 Å². The Kier molecular flexibility index (Phi) is 4.88. The number of nitrogens with zero attached hydrogens (tertiary/aromatic N) is 2. The van der Waals surface area contributed by atoms with Crippen LogP contribution in [0.3, 0.4) is 0 Å². The van der Waals surface area contributed by atoms with Crippen molar-refractivity contribution >= 4 is 21.8 Å². The van der Waals surface area contributed by atoms with Crippen LogP contribution >= 0.6 is 0 Å². The van der Waals surface area contributed by atoms with Gasteiger partial charge in [-0.3, -0.25) is 9.59 Å². The molecule has 2 amide bonds. The number of carbonyl (C=O) groups is 2. The second-order valence-electron chi connectivity index (χ2n) is 5.89. The van der Waals surface area contributed by atoms with Gasteiger partial charge in [-0.2, -0.15) is 4.31 Å². The van der Waals surface area contributed by atoms with Gasteiger partial charge in [-0.05, 0) is 25.7 Å². The number of primary amides is 1. The minimum atomic E-state index is -3.37. The van der Waals surface area contributed by atoms with Crippen LogP contribution < -0.4 is 5.73 Å². The summed E-state index contributed by atoms with van der Waals surface area (Å²) in [7, 11) is -3.37. The van der Waals surface area contributed by atoms with E-state index in [2.05, 4.69) is 0 Å². The highest BCUT2D eigenvalue weighted by atomic mass is 32.2. The van der Waals surface area contributed by atoms with Gasteiger partial charge in [-0.15, -0.1) is 0 Å². The fraction of sp³-hybridized carbons (Fsp3) is 0.846. The van der Waals surface area contributed by atoms with Crippen LogP contribution in [0, 0.1) is 5.92 Å². The zero-order chi connectivity index (χ0) is 15.6. The Balaban J connectivity index is 2.03. The zero-order valence-corrected chi connectivity index (χ0v) is 13.1. The lowest BCUT2D eigenvalue weighted by atomic mass is 9.95. The summed E-state index contributed by atoms with van der Waals surface area (Å²) in [4.78, 5) is 25.4. The first-order chi connectivity index (χ1) is 9.80. The van der Waals surface area contributed by atoms with Crippen molar-refractivity contribution in [1.29, 1.82) is 0 Å². The predicted octanol–water partition coefficient (Wildman–Crippen LogP) is -0.476. The maximum atomic E-state index is 12.6. The minimum absolute atomic E-state index is 0.136. The van der Waals surface area contributed by atoms with E-state index < -0.39 is 16.1 Å². The quantitative estimate of drug-likeness (QED) is 0.760. The van der Waals surface area contributed by atoms with Crippen LogP contribution in [0.2, 0.25) is 0 Å². The standard InChI is InChI=1S/C13H23N3O4S/c1-21(19,20)16-7-3-2-4-11(16)13(18)15-8-5-10(6-9-15)12(14)17/h10-11H,2-9H2,1H3,(H2,14,17)/t11-/m0/s1. The van der Waals surface area contributed by atoms with Gasteiger partial charge in [0.2, 0.25) is 21.8 Å². The summed E-state index contributed by atoms with van der Waals surface area (Å²) >= 11 is 0. The van der Waals surface area contributed by atoms with E-state index in [0.29, 0.717) is 38.9 Å². The first-order valence-electron chi connectivity index (χ1n) is 7.35. The van der Waals surface area contributed by atoms with Crippen LogP contribution in [0.15, 0.2) is 0 Å². The molecule has 0 unspecified atom stereocenters.